The van der Waals surface area contributed by atoms with Crippen LogP contribution in [-0.2, 0) is 14.8 Å². The van der Waals surface area contributed by atoms with Crippen molar-refractivity contribution in [1.82, 2.24) is 9.21 Å². The van der Waals surface area contributed by atoms with E-state index in [1.54, 1.807) is 4.31 Å². The molecule has 0 amide bonds. The van der Waals surface area contributed by atoms with E-state index in [0.717, 1.165) is 19.5 Å². The van der Waals surface area contributed by atoms with Crippen LogP contribution in [-0.4, -0.2) is 67.8 Å². The Morgan fingerprint density at radius 1 is 1.22 bits per heavy atom. The highest BCUT2D eigenvalue weighted by atomic mass is 32.2. The van der Waals surface area contributed by atoms with Crippen LogP contribution in [0, 0.1) is 0 Å². The predicted octanol–water partition coefficient (Wildman–Crippen LogP) is 0.274. The first-order valence-corrected chi connectivity index (χ1v) is 8.42. The summed E-state index contributed by atoms with van der Waals surface area (Å²) in [5.74, 6) is 0. The second-order valence-corrected chi connectivity index (χ2v) is 7.91. The first kappa shape index (κ1) is 12.8. The quantitative estimate of drug-likeness (QED) is 0.725. The van der Waals surface area contributed by atoms with Crippen LogP contribution in [0.2, 0.25) is 0 Å². The lowest BCUT2D eigenvalue weighted by Crippen LogP contribution is -2.58. The summed E-state index contributed by atoms with van der Waals surface area (Å²) in [6.07, 6.45) is 3.00. The molecule has 3 aliphatic heterocycles. The Labute approximate surface area is 109 Å². The zero-order chi connectivity index (χ0) is 12.8. The van der Waals surface area contributed by atoms with Gasteiger partial charge in [0.1, 0.15) is 5.25 Å². The Morgan fingerprint density at radius 2 is 2.06 bits per heavy atom. The van der Waals surface area contributed by atoms with Gasteiger partial charge in [0.25, 0.3) is 0 Å². The van der Waals surface area contributed by atoms with Gasteiger partial charge in [0.15, 0.2) is 0 Å². The number of piperazine rings is 1. The smallest absolute Gasteiger partial charge is 0.219 e. The minimum Gasteiger partial charge on any atom is -0.380 e. The molecule has 0 aromatic heterocycles. The van der Waals surface area contributed by atoms with E-state index in [0.29, 0.717) is 32.2 Å². The number of fused-ring (bicyclic) bond motifs is 1. The molecule has 0 aromatic rings. The van der Waals surface area contributed by atoms with E-state index in [1.807, 2.05) is 6.92 Å². The van der Waals surface area contributed by atoms with Gasteiger partial charge in [0.05, 0.1) is 6.61 Å². The Morgan fingerprint density at radius 3 is 2.78 bits per heavy atom. The first-order valence-electron chi connectivity index (χ1n) is 6.91. The van der Waals surface area contributed by atoms with Crippen LogP contribution in [0.1, 0.15) is 26.2 Å². The largest absolute Gasteiger partial charge is 0.380 e. The molecule has 0 aromatic carbocycles. The minimum atomic E-state index is -3.17. The number of sulfonamides is 1. The molecule has 6 heteroatoms. The van der Waals surface area contributed by atoms with Gasteiger partial charge in [-0.05, 0) is 32.7 Å². The van der Waals surface area contributed by atoms with E-state index in [9.17, 15) is 8.42 Å². The van der Waals surface area contributed by atoms with Crippen molar-refractivity contribution in [2.75, 3.05) is 32.8 Å². The van der Waals surface area contributed by atoms with Gasteiger partial charge in [-0.15, -0.1) is 0 Å². The fourth-order valence-corrected chi connectivity index (χ4v) is 5.45. The van der Waals surface area contributed by atoms with Gasteiger partial charge in [-0.25, -0.2) is 8.42 Å². The van der Waals surface area contributed by atoms with Crippen LogP contribution in [0.3, 0.4) is 0 Å². The van der Waals surface area contributed by atoms with Gasteiger partial charge in [-0.2, -0.15) is 4.31 Å². The molecule has 5 nitrogen and oxygen atoms in total. The summed E-state index contributed by atoms with van der Waals surface area (Å²) in [5.41, 5.74) is 0. The third-order valence-electron chi connectivity index (χ3n) is 4.52. The molecule has 3 rings (SSSR count). The van der Waals surface area contributed by atoms with Crippen LogP contribution in [0.25, 0.3) is 0 Å². The van der Waals surface area contributed by atoms with Crippen molar-refractivity contribution < 1.29 is 13.2 Å². The Hall–Kier alpha value is -0.170. The van der Waals surface area contributed by atoms with Crippen molar-refractivity contribution in [3.05, 3.63) is 0 Å². The molecular weight excluding hydrogens is 252 g/mol. The zero-order valence-corrected chi connectivity index (χ0v) is 11.7. The van der Waals surface area contributed by atoms with E-state index >= 15 is 0 Å². The molecule has 18 heavy (non-hydrogen) atoms. The molecule has 0 spiro atoms. The van der Waals surface area contributed by atoms with Crippen molar-refractivity contribution in [2.24, 2.45) is 0 Å². The summed E-state index contributed by atoms with van der Waals surface area (Å²) in [5, 5.41) is -0.312. The Kier molecular flexibility index (Phi) is 3.38. The van der Waals surface area contributed by atoms with Crippen molar-refractivity contribution in [1.29, 1.82) is 0 Å². The number of hydrogen-bond donors (Lipinski definition) is 0. The highest BCUT2D eigenvalue weighted by Gasteiger charge is 2.43. The van der Waals surface area contributed by atoms with E-state index in [1.165, 1.54) is 6.42 Å². The van der Waals surface area contributed by atoms with Crippen LogP contribution >= 0.6 is 0 Å². The van der Waals surface area contributed by atoms with Gasteiger partial charge >= 0.3 is 0 Å². The molecule has 104 valence electrons. The van der Waals surface area contributed by atoms with Gasteiger partial charge in [0, 0.05) is 31.8 Å². The summed E-state index contributed by atoms with van der Waals surface area (Å²) in [7, 11) is -3.17. The van der Waals surface area contributed by atoms with Gasteiger partial charge in [-0.1, -0.05) is 0 Å². The molecule has 0 N–H and O–H groups in total. The molecular formula is C12H22N2O3S. The highest BCUT2D eigenvalue weighted by Crippen LogP contribution is 2.29. The topological polar surface area (TPSA) is 49.9 Å². The summed E-state index contributed by atoms with van der Waals surface area (Å²) in [6, 6.07) is 0.545. The van der Waals surface area contributed by atoms with Crippen molar-refractivity contribution in [3.63, 3.8) is 0 Å². The summed E-state index contributed by atoms with van der Waals surface area (Å²) < 4.78 is 32.2. The fraction of sp³-hybridized carbons (Fsp3) is 1.00. The number of ether oxygens (including phenoxy) is 1. The van der Waals surface area contributed by atoms with Gasteiger partial charge < -0.3 is 4.74 Å². The summed E-state index contributed by atoms with van der Waals surface area (Å²) in [6.45, 7) is 5.69. The van der Waals surface area contributed by atoms with Crippen LogP contribution < -0.4 is 0 Å². The summed E-state index contributed by atoms with van der Waals surface area (Å²) >= 11 is 0. The normalized spacial score (nSPS) is 39.1. The number of rotatable bonds is 2. The molecule has 3 heterocycles. The van der Waals surface area contributed by atoms with Crippen LogP contribution in [0.4, 0.5) is 0 Å². The molecule has 3 aliphatic rings. The van der Waals surface area contributed by atoms with E-state index in [-0.39, 0.29) is 11.3 Å². The number of nitrogens with zero attached hydrogens (tertiary/aromatic N) is 2. The number of hydrogen-bond acceptors (Lipinski definition) is 4. The van der Waals surface area contributed by atoms with Crippen LogP contribution in [0.15, 0.2) is 0 Å². The lowest BCUT2D eigenvalue weighted by Gasteiger charge is -2.42. The molecule has 3 saturated heterocycles. The minimum absolute atomic E-state index is 0.102. The van der Waals surface area contributed by atoms with E-state index in [4.69, 9.17) is 4.74 Å². The lowest BCUT2D eigenvalue weighted by atomic mass is 10.1. The monoisotopic (exact) mass is 274 g/mol. The standard InChI is InChI=1S/C12H22N2O3S/c1-10-7-13-5-2-3-11(13)8-14(10)18(15,16)12-4-6-17-9-12/h10-12H,2-9H2,1H3/t10-,11+,12+/m1/s1. The maximum Gasteiger partial charge on any atom is 0.219 e. The average molecular weight is 274 g/mol. The molecule has 0 radical (unpaired) electrons. The fourth-order valence-electron chi connectivity index (χ4n) is 3.45. The third kappa shape index (κ3) is 2.09. The Balaban J connectivity index is 1.78. The average Bonchev–Trinajstić information content (AvgIpc) is 2.98. The molecule has 0 unspecified atom stereocenters. The lowest BCUT2D eigenvalue weighted by molar-refractivity contribution is 0.116. The van der Waals surface area contributed by atoms with Crippen LogP contribution in [0.5, 0.6) is 0 Å². The van der Waals surface area contributed by atoms with Gasteiger partial charge in [-0.3, -0.25) is 4.90 Å². The van der Waals surface area contributed by atoms with Crippen molar-refractivity contribution >= 4 is 10.0 Å². The predicted molar refractivity (Wildman–Crippen MR) is 68.9 cm³/mol. The third-order valence-corrected chi connectivity index (χ3v) is 6.89. The molecule has 0 aliphatic carbocycles. The SMILES string of the molecule is C[C@@H]1CN2CCC[C@H]2CN1S(=O)(=O)[C@H]1CCOC1. The second kappa shape index (κ2) is 4.74. The molecule has 3 fully saturated rings. The Bertz CT molecular complexity index is 406. The molecule has 0 bridgehead atoms. The molecule has 0 saturated carbocycles. The molecule has 3 atom stereocenters. The maximum absolute atomic E-state index is 12.6. The maximum atomic E-state index is 12.6. The van der Waals surface area contributed by atoms with Gasteiger partial charge in [0.2, 0.25) is 10.0 Å². The highest BCUT2D eigenvalue weighted by molar-refractivity contribution is 7.89. The van der Waals surface area contributed by atoms with Crippen molar-refractivity contribution in [2.45, 2.75) is 43.5 Å². The van der Waals surface area contributed by atoms with E-state index < -0.39 is 10.0 Å². The summed E-state index contributed by atoms with van der Waals surface area (Å²) in [4.78, 5) is 2.45. The zero-order valence-electron chi connectivity index (χ0n) is 10.9. The second-order valence-electron chi connectivity index (χ2n) is 5.74. The first-order chi connectivity index (χ1) is 8.59. The van der Waals surface area contributed by atoms with E-state index in [2.05, 4.69) is 4.90 Å². The van der Waals surface area contributed by atoms with Crippen molar-refractivity contribution in [3.8, 4) is 0 Å².